The molecule has 0 unspecified atom stereocenters. The van der Waals surface area contributed by atoms with E-state index in [4.69, 9.17) is 5.73 Å². The number of nitrogen functional groups attached to an aromatic ring is 1. The molecule has 0 radical (unpaired) electrons. The lowest BCUT2D eigenvalue weighted by Crippen LogP contribution is -2.47. The number of para-hydroxylation sites is 1. The minimum atomic E-state index is -4.40. The number of anilines is 5. The molecule has 0 saturated carbocycles. The van der Waals surface area contributed by atoms with E-state index < -0.39 is 11.7 Å². The molecule has 0 aliphatic carbocycles. The number of hydrogen-bond donors (Lipinski definition) is 2. The molecular weight excluding hydrogens is 412 g/mol. The van der Waals surface area contributed by atoms with Crippen LogP contribution >= 0.6 is 0 Å². The third-order valence-corrected chi connectivity index (χ3v) is 5.11. The van der Waals surface area contributed by atoms with Crippen LogP contribution in [0.2, 0.25) is 0 Å². The predicted molar refractivity (Wildman–Crippen MR) is 112 cm³/mol. The second-order valence-corrected chi connectivity index (χ2v) is 7.09. The van der Waals surface area contributed by atoms with Crippen molar-refractivity contribution in [2.24, 2.45) is 0 Å². The molecule has 4 rings (SSSR count). The van der Waals surface area contributed by atoms with Gasteiger partial charge in [0.2, 0.25) is 0 Å². The molecular formula is C21H20F4N6. The van der Waals surface area contributed by atoms with Gasteiger partial charge in [0, 0.05) is 31.9 Å². The fourth-order valence-corrected chi connectivity index (χ4v) is 3.48. The van der Waals surface area contributed by atoms with E-state index in [2.05, 4.69) is 15.3 Å². The number of piperazine rings is 1. The zero-order chi connectivity index (χ0) is 22.0. The van der Waals surface area contributed by atoms with Crippen LogP contribution in [0.25, 0.3) is 0 Å². The van der Waals surface area contributed by atoms with Crippen LogP contribution in [-0.2, 0) is 6.18 Å². The number of nitrogens with two attached hydrogens (primary N) is 1. The summed E-state index contributed by atoms with van der Waals surface area (Å²) in [6.45, 7) is 2.34. The second-order valence-electron chi connectivity index (χ2n) is 7.09. The van der Waals surface area contributed by atoms with Crippen LogP contribution in [-0.4, -0.2) is 36.1 Å². The van der Waals surface area contributed by atoms with Crippen molar-refractivity contribution in [3.05, 3.63) is 66.2 Å². The Hall–Kier alpha value is -3.56. The van der Waals surface area contributed by atoms with Gasteiger partial charge >= 0.3 is 6.18 Å². The van der Waals surface area contributed by atoms with E-state index in [1.807, 2.05) is 9.80 Å². The monoisotopic (exact) mass is 432 g/mol. The Morgan fingerprint density at radius 2 is 1.52 bits per heavy atom. The molecule has 1 aliphatic rings. The normalized spacial score (nSPS) is 14.6. The minimum Gasteiger partial charge on any atom is -0.393 e. The van der Waals surface area contributed by atoms with E-state index in [9.17, 15) is 17.6 Å². The highest BCUT2D eigenvalue weighted by Crippen LogP contribution is 2.32. The zero-order valence-electron chi connectivity index (χ0n) is 16.4. The van der Waals surface area contributed by atoms with Crippen LogP contribution in [0, 0.1) is 5.82 Å². The second kappa shape index (κ2) is 8.29. The summed E-state index contributed by atoms with van der Waals surface area (Å²) in [6, 6.07) is 11.2. The maximum Gasteiger partial charge on any atom is 0.416 e. The summed E-state index contributed by atoms with van der Waals surface area (Å²) >= 11 is 0. The highest BCUT2D eigenvalue weighted by Gasteiger charge is 2.30. The largest absolute Gasteiger partial charge is 0.416 e. The summed E-state index contributed by atoms with van der Waals surface area (Å²) in [5.41, 5.74) is 6.79. The molecule has 10 heteroatoms. The molecule has 162 valence electrons. The Kier molecular flexibility index (Phi) is 5.53. The van der Waals surface area contributed by atoms with Crippen molar-refractivity contribution in [3.8, 4) is 0 Å². The Labute approximate surface area is 176 Å². The quantitative estimate of drug-likeness (QED) is 0.600. The molecule has 31 heavy (non-hydrogen) atoms. The fraction of sp³-hybridized carbons (Fsp3) is 0.238. The maximum absolute atomic E-state index is 14.0. The van der Waals surface area contributed by atoms with E-state index in [1.54, 1.807) is 18.2 Å². The van der Waals surface area contributed by atoms with Crippen molar-refractivity contribution in [1.82, 2.24) is 9.97 Å². The van der Waals surface area contributed by atoms with Crippen LogP contribution in [0.4, 0.5) is 46.3 Å². The summed E-state index contributed by atoms with van der Waals surface area (Å²) in [6.07, 6.45) is -3.05. The summed E-state index contributed by atoms with van der Waals surface area (Å²) in [4.78, 5) is 12.3. The van der Waals surface area contributed by atoms with Crippen molar-refractivity contribution in [2.45, 2.75) is 6.18 Å². The van der Waals surface area contributed by atoms with Crippen molar-refractivity contribution < 1.29 is 17.6 Å². The van der Waals surface area contributed by atoms with Crippen LogP contribution in [0.3, 0.4) is 0 Å². The highest BCUT2D eigenvalue weighted by molar-refractivity contribution is 5.78. The fourth-order valence-electron chi connectivity index (χ4n) is 3.48. The van der Waals surface area contributed by atoms with E-state index in [1.165, 1.54) is 24.5 Å². The van der Waals surface area contributed by atoms with Gasteiger partial charge in [0.25, 0.3) is 0 Å². The lowest BCUT2D eigenvalue weighted by Gasteiger charge is -2.37. The Balaban J connectivity index is 1.46. The molecule has 1 saturated heterocycles. The number of halogens is 4. The third-order valence-electron chi connectivity index (χ3n) is 5.11. The molecule has 0 bridgehead atoms. The molecule has 3 N–H and O–H groups in total. The van der Waals surface area contributed by atoms with E-state index in [-0.39, 0.29) is 5.82 Å². The average molecular weight is 432 g/mol. The van der Waals surface area contributed by atoms with E-state index in [0.717, 1.165) is 12.1 Å². The van der Waals surface area contributed by atoms with Gasteiger partial charge in [0.1, 0.15) is 17.8 Å². The van der Waals surface area contributed by atoms with Crippen molar-refractivity contribution in [1.29, 1.82) is 0 Å². The van der Waals surface area contributed by atoms with Crippen molar-refractivity contribution >= 4 is 28.7 Å². The SMILES string of the molecule is Nc1c(Nc2ccc(C(F)(F)F)cc2)ncnc1N1CCN(c2ccccc2F)CC1. The standard InChI is InChI=1S/C21H20F4N6/c22-16-3-1-2-4-17(16)30-9-11-31(12-10-30)20-18(26)19(27-13-28-20)29-15-7-5-14(6-8-15)21(23,24)25/h1-8,13H,9-12,26H2,(H,27,28,29). The number of benzene rings is 2. The summed E-state index contributed by atoms with van der Waals surface area (Å²) < 4.78 is 52.3. The molecule has 0 amide bonds. The summed E-state index contributed by atoms with van der Waals surface area (Å²) in [5.74, 6) is 0.569. The first-order valence-corrected chi connectivity index (χ1v) is 9.62. The molecule has 1 fully saturated rings. The number of hydrogen-bond acceptors (Lipinski definition) is 6. The van der Waals surface area contributed by atoms with Gasteiger partial charge in [-0.25, -0.2) is 14.4 Å². The number of nitrogens with one attached hydrogen (secondary N) is 1. The highest BCUT2D eigenvalue weighted by atomic mass is 19.4. The van der Waals surface area contributed by atoms with Gasteiger partial charge in [-0.2, -0.15) is 13.2 Å². The number of nitrogens with zero attached hydrogens (tertiary/aromatic N) is 4. The van der Waals surface area contributed by atoms with Gasteiger partial charge in [-0.05, 0) is 36.4 Å². The number of aromatic nitrogens is 2. The topological polar surface area (TPSA) is 70.3 Å². The molecule has 1 aromatic heterocycles. The van der Waals surface area contributed by atoms with E-state index in [0.29, 0.717) is 54.9 Å². The van der Waals surface area contributed by atoms with Gasteiger partial charge in [-0.3, -0.25) is 0 Å². The lowest BCUT2D eigenvalue weighted by molar-refractivity contribution is -0.137. The number of rotatable bonds is 4. The molecule has 2 aromatic carbocycles. The zero-order valence-corrected chi connectivity index (χ0v) is 16.4. The van der Waals surface area contributed by atoms with Crippen molar-refractivity contribution in [3.63, 3.8) is 0 Å². The van der Waals surface area contributed by atoms with Crippen LogP contribution in [0.1, 0.15) is 5.56 Å². The van der Waals surface area contributed by atoms with Gasteiger partial charge in [-0.1, -0.05) is 12.1 Å². The molecule has 3 aromatic rings. The summed E-state index contributed by atoms with van der Waals surface area (Å²) in [5, 5.41) is 2.94. The molecule has 0 spiro atoms. The van der Waals surface area contributed by atoms with Crippen LogP contribution < -0.4 is 20.9 Å². The van der Waals surface area contributed by atoms with E-state index >= 15 is 0 Å². The Bertz CT molecular complexity index is 1050. The Morgan fingerprint density at radius 1 is 0.871 bits per heavy atom. The maximum atomic E-state index is 14.0. The van der Waals surface area contributed by atoms with Crippen LogP contribution in [0.5, 0.6) is 0 Å². The molecule has 0 atom stereocenters. The Morgan fingerprint density at radius 3 is 2.16 bits per heavy atom. The molecule has 2 heterocycles. The third kappa shape index (κ3) is 4.47. The molecule has 1 aliphatic heterocycles. The average Bonchev–Trinajstić information content (AvgIpc) is 2.76. The molecule has 6 nitrogen and oxygen atoms in total. The predicted octanol–water partition coefficient (Wildman–Crippen LogP) is 4.29. The van der Waals surface area contributed by atoms with Gasteiger partial charge in [-0.15, -0.1) is 0 Å². The first-order valence-electron chi connectivity index (χ1n) is 9.62. The van der Waals surface area contributed by atoms with Gasteiger partial charge < -0.3 is 20.9 Å². The van der Waals surface area contributed by atoms with Gasteiger partial charge in [0.15, 0.2) is 11.6 Å². The first kappa shape index (κ1) is 20.7. The van der Waals surface area contributed by atoms with Gasteiger partial charge in [0.05, 0.1) is 11.3 Å². The summed E-state index contributed by atoms with van der Waals surface area (Å²) in [7, 11) is 0. The van der Waals surface area contributed by atoms with Crippen LogP contribution in [0.15, 0.2) is 54.9 Å². The number of alkyl halides is 3. The minimum absolute atomic E-state index is 0.263. The van der Waals surface area contributed by atoms with Crippen molar-refractivity contribution in [2.75, 3.05) is 47.0 Å². The smallest absolute Gasteiger partial charge is 0.393 e. The lowest BCUT2D eigenvalue weighted by atomic mass is 10.2. The first-order chi connectivity index (χ1) is 14.8.